The normalized spacial score (nSPS) is 22.3. The summed E-state index contributed by atoms with van der Waals surface area (Å²) in [6.07, 6.45) is 1.06. The molecule has 0 aliphatic carbocycles. The number of fused-ring (bicyclic) bond motifs is 1. The number of imidazole rings is 1. The highest BCUT2D eigenvalue weighted by Gasteiger charge is 2.39. The molecule has 47 heavy (non-hydrogen) atoms. The van der Waals surface area contributed by atoms with E-state index in [-0.39, 0.29) is 61.6 Å². The van der Waals surface area contributed by atoms with Gasteiger partial charge in [0, 0.05) is 55.7 Å². The van der Waals surface area contributed by atoms with Crippen LogP contribution in [0.1, 0.15) is 74.2 Å². The molecule has 2 aliphatic rings. The Kier molecular flexibility index (Phi) is 10.2. The number of carboxylic acids is 1. The second-order valence-electron chi connectivity index (χ2n) is 12.6. The van der Waals surface area contributed by atoms with Crippen LogP contribution in [0.5, 0.6) is 0 Å². The number of nitrogens with zero attached hydrogens (tertiary/aromatic N) is 2. The van der Waals surface area contributed by atoms with E-state index in [2.05, 4.69) is 22.1 Å². The number of piperidine rings is 1. The van der Waals surface area contributed by atoms with Crippen LogP contribution in [0.25, 0.3) is 11.0 Å². The van der Waals surface area contributed by atoms with Crippen molar-refractivity contribution in [2.75, 3.05) is 25.0 Å². The highest BCUT2D eigenvalue weighted by atomic mass is 16.7. The van der Waals surface area contributed by atoms with Crippen LogP contribution >= 0.6 is 0 Å². The maximum absolute atomic E-state index is 12.8. The lowest BCUT2D eigenvalue weighted by atomic mass is 9.89. The fourth-order valence-corrected chi connectivity index (χ4v) is 6.73. The number of rotatable bonds is 11. The molecule has 3 heterocycles. The Morgan fingerprint density at radius 2 is 1.64 bits per heavy atom. The Balaban J connectivity index is 1.15. The maximum Gasteiger partial charge on any atom is 0.326 e. The number of likely N-dealkylation sites (tertiary alicyclic amines) is 1. The van der Waals surface area contributed by atoms with Gasteiger partial charge < -0.3 is 34.9 Å². The summed E-state index contributed by atoms with van der Waals surface area (Å²) >= 11 is 0. The van der Waals surface area contributed by atoms with Crippen LogP contribution in [-0.2, 0) is 25.7 Å². The summed E-state index contributed by atoms with van der Waals surface area (Å²) in [5.41, 5.74) is 5.02. The molecule has 11 nitrogen and oxygen atoms in total. The predicted octanol–water partition coefficient (Wildman–Crippen LogP) is 5.14. The zero-order valence-electron chi connectivity index (χ0n) is 26.5. The molecular weight excluding hydrogens is 600 g/mol. The van der Waals surface area contributed by atoms with Crippen molar-refractivity contribution in [2.45, 2.75) is 70.2 Å². The number of aliphatic hydroxyl groups is 1. The molecule has 4 aromatic rings. The van der Waals surface area contributed by atoms with Crippen molar-refractivity contribution in [3.63, 3.8) is 0 Å². The minimum atomic E-state index is -0.920. The number of hydrogen-bond acceptors (Lipinski definition) is 7. The first kappa shape index (κ1) is 32.6. The molecule has 248 valence electrons. The highest BCUT2D eigenvalue weighted by molar-refractivity contribution is 5.90. The molecule has 0 bridgehead atoms. The smallest absolute Gasteiger partial charge is 0.326 e. The van der Waals surface area contributed by atoms with Gasteiger partial charge in [-0.1, -0.05) is 55.5 Å². The van der Waals surface area contributed by atoms with Crippen LogP contribution in [-0.4, -0.2) is 62.3 Å². The number of amides is 1. The van der Waals surface area contributed by atoms with E-state index in [0.717, 1.165) is 53.7 Å². The average Bonchev–Trinajstić information content (AvgIpc) is 3.42. The van der Waals surface area contributed by atoms with Gasteiger partial charge in [0.15, 0.2) is 6.29 Å². The number of aliphatic carboxylic acids is 1. The maximum atomic E-state index is 12.8. The van der Waals surface area contributed by atoms with Gasteiger partial charge in [0.25, 0.3) is 0 Å². The lowest BCUT2D eigenvalue weighted by molar-refractivity contribution is -0.276. The van der Waals surface area contributed by atoms with Crippen molar-refractivity contribution in [3.8, 4) is 0 Å². The molecule has 1 amide bonds. The van der Waals surface area contributed by atoms with Gasteiger partial charge in [0.2, 0.25) is 5.91 Å². The van der Waals surface area contributed by atoms with Gasteiger partial charge in [-0.3, -0.25) is 14.2 Å². The van der Waals surface area contributed by atoms with E-state index in [0.29, 0.717) is 12.2 Å². The summed E-state index contributed by atoms with van der Waals surface area (Å²) < 4.78 is 15.1. The van der Waals surface area contributed by atoms with E-state index in [1.54, 1.807) is 12.1 Å². The van der Waals surface area contributed by atoms with Gasteiger partial charge >= 0.3 is 11.7 Å². The predicted molar refractivity (Wildman–Crippen MR) is 177 cm³/mol. The molecule has 0 saturated carbocycles. The summed E-state index contributed by atoms with van der Waals surface area (Å²) in [4.78, 5) is 41.2. The summed E-state index contributed by atoms with van der Waals surface area (Å²) in [6, 6.07) is 23.1. The van der Waals surface area contributed by atoms with Crippen LogP contribution in [0.2, 0.25) is 0 Å². The zero-order valence-corrected chi connectivity index (χ0v) is 26.5. The lowest BCUT2D eigenvalue weighted by Gasteiger charge is -2.44. The number of aromatic nitrogens is 2. The Morgan fingerprint density at radius 3 is 2.34 bits per heavy atom. The quantitative estimate of drug-likeness (QED) is 0.176. The zero-order chi connectivity index (χ0) is 32.9. The van der Waals surface area contributed by atoms with Crippen LogP contribution in [0, 0.1) is 5.92 Å². The number of para-hydroxylation sites is 2. The molecule has 11 heteroatoms. The van der Waals surface area contributed by atoms with E-state index in [1.165, 1.54) is 0 Å². The molecule has 0 spiro atoms. The SMILES string of the molecule is C[C@@H]1[C@H](CN2CCC(n3c(=O)[nH]c4ccccc43)CC2)O[C@H](c2ccc(NC(=O)CCCC(=O)O)cc2)O[C@@H]1c1ccc(CO)cc1. The number of hydrogen-bond donors (Lipinski definition) is 4. The van der Waals surface area contributed by atoms with Crippen LogP contribution in [0.4, 0.5) is 5.69 Å². The molecule has 2 saturated heterocycles. The number of anilines is 1. The van der Waals surface area contributed by atoms with Crippen molar-refractivity contribution in [2.24, 2.45) is 5.92 Å². The number of ether oxygens (including phenoxy) is 2. The highest BCUT2D eigenvalue weighted by Crippen LogP contribution is 2.42. The average molecular weight is 643 g/mol. The number of carboxylic acid groups (broad SMARTS) is 1. The topological polar surface area (TPSA) is 146 Å². The fourth-order valence-electron chi connectivity index (χ4n) is 6.73. The first-order chi connectivity index (χ1) is 22.8. The number of aliphatic hydroxyl groups excluding tert-OH is 1. The van der Waals surface area contributed by atoms with Crippen LogP contribution in [0.3, 0.4) is 0 Å². The molecule has 4 N–H and O–H groups in total. The van der Waals surface area contributed by atoms with Gasteiger partial charge in [-0.05, 0) is 54.7 Å². The molecule has 2 fully saturated rings. The molecule has 0 unspecified atom stereocenters. The third-order valence-electron chi connectivity index (χ3n) is 9.37. The van der Waals surface area contributed by atoms with E-state index >= 15 is 0 Å². The standard InChI is InChI=1S/C36H42N4O7/c1-23-31(21-39-19-17-28(18-20-39)40-30-6-3-2-5-29(30)38-36(40)45)46-35(47-34(23)25-11-9-24(22-41)10-12-25)26-13-15-27(16-14-26)37-32(42)7-4-8-33(43)44/h2-3,5-6,9-16,23,28,31,34-35,41H,4,7-8,17-22H2,1H3,(H,37,42)(H,38,45)(H,43,44)/t23-,31+,34+,35+/m1/s1. The van der Waals surface area contributed by atoms with Gasteiger partial charge in [0.1, 0.15) is 0 Å². The Hall–Kier alpha value is -4.29. The van der Waals surface area contributed by atoms with Crippen molar-refractivity contribution < 1.29 is 29.3 Å². The largest absolute Gasteiger partial charge is 0.481 e. The van der Waals surface area contributed by atoms with Crippen LogP contribution < -0.4 is 11.0 Å². The number of carbonyl (C=O) groups excluding carboxylic acids is 1. The fraction of sp³-hybridized carbons (Fsp3) is 0.417. The first-order valence-corrected chi connectivity index (χ1v) is 16.3. The molecule has 0 radical (unpaired) electrons. The second kappa shape index (κ2) is 14.6. The number of nitrogens with one attached hydrogen (secondary N) is 2. The monoisotopic (exact) mass is 642 g/mol. The molecule has 2 aliphatic heterocycles. The lowest BCUT2D eigenvalue weighted by Crippen LogP contribution is -2.47. The van der Waals surface area contributed by atoms with Crippen molar-refractivity contribution >= 4 is 28.6 Å². The van der Waals surface area contributed by atoms with Gasteiger partial charge in [-0.15, -0.1) is 0 Å². The van der Waals surface area contributed by atoms with E-state index in [9.17, 15) is 19.5 Å². The van der Waals surface area contributed by atoms with E-state index in [1.807, 2.05) is 65.2 Å². The summed E-state index contributed by atoms with van der Waals surface area (Å²) in [6.45, 7) is 4.51. The van der Waals surface area contributed by atoms with Crippen molar-refractivity contribution in [1.82, 2.24) is 14.5 Å². The molecule has 4 atom stereocenters. The Labute approximate surface area is 273 Å². The van der Waals surface area contributed by atoms with Gasteiger partial charge in [-0.2, -0.15) is 0 Å². The molecule has 1 aromatic heterocycles. The number of aromatic amines is 1. The molecular formula is C36H42N4O7. The van der Waals surface area contributed by atoms with Gasteiger partial charge in [0.05, 0.1) is 29.8 Å². The number of benzene rings is 3. The summed E-state index contributed by atoms with van der Waals surface area (Å²) in [7, 11) is 0. The number of carbonyl (C=O) groups is 2. The summed E-state index contributed by atoms with van der Waals surface area (Å²) in [5.74, 6) is -1.12. The van der Waals surface area contributed by atoms with Crippen molar-refractivity contribution in [3.05, 3.63) is 100.0 Å². The summed E-state index contributed by atoms with van der Waals surface area (Å²) in [5, 5.41) is 21.2. The van der Waals surface area contributed by atoms with E-state index in [4.69, 9.17) is 14.6 Å². The van der Waals surface area contributed by atoms with Crippen LogP contribution in [0.15, 0.2) is 77.6 Å². The van der Waals surface area contributed by atoms with Crippen molar-refractivity contribution in [1.29, 1.82) is 0 Å². The van der Waals surface area contributed by atoms with E-state index < -0.39 is 12.3 Å². The second-order valence-corrected chi connectivity index (χ2v) is 12.6. The van der Waals surface area contributed by atoms with Gasteiger partial charge in [-0.25, -0.2) is 4.79 Å². The molecule has 6 rings (SSSR count). The molecule has 3 aromatic carbocycles. The third-order valence-corrected chi connectivity index (χ3v) is 9.37. The minimum Gasteiger partial charge on any atom is -0.481 e. The Bertz CT molecular complexity index is 1720. The first-order valence-electron chi connectivity index (χ1n) is 16.3. The third kappa shape index (κ3) is 7.65. The number of H-pyrrole nitrogens is 1. The Morgan fingerprint density at radius 1 is 0.936 bits per heavy atom. The minimum absolute atomic E-state index is 0.0290.